The number of hydrogen-bond acceptors (Lipinski definition) is 10. The van der Waals surface area contributed by atoms with Gasteiger partial charge in [-0.2, -0.15) is 5.26 Å². The maximum atomic E-state index is 14.1. The van der Waals surface area contributed by atoms with E-state index in [0.29, 0.717) is 39.8 Å². The van der Waals surface area contributed by atoms with Crippen LogP contribution in [0, 0.1) is 34.5 Å². The molecule has 0 bridgehead atoms. The number of β-amino-alcohol motifs (C(OH)–C–C–N with tert-alkyl or cyclic N) is 1. The van der Waals surface area contributed by atoms with E-state index < -0.39 is 40.3 Å². The number of likely N-dealkylation sites (tertiary alicyclic amines) is 1. The smallest absolute Gasteiger partial charge is 0.251 e. The van der Waals surface area contributed by atoms with Crippen LogP contribution in [-0.4, -0.2) is 82.1 Å². The van der Waals surface area contributed by atoms with Gasteiger partial charge < -0.3 is 39.8 Å². The highest BCUT2D eigenvalue weighted by atomic mass is 35.5. The predicted molar refractivity (Wildman–Crippen MR) is 262 cm³/mol. The number of benzene rings is 4. The third-order valence-corrected chi connectivity index (χ3v) is 13.6. The average molecular weight is 958 g/mol. The summed E-state index contributed by atoms with van der Waals surface area (Å²) in [6.07, 6.45) is 0.890. The molecule has 5 aromatic rings. The van der Waals surface area contributed by atoms with Crippen LogP contribution >= 0.6 is 11.6 Å². The molecule has 2 fully saturated rings. The minimum atomic E-state index is -0.938. The molecule has 4 N–H and O–H groups in total. The molecule has 1 saturated carbocycles. The lowest BCUT2D eigenvalue weighted by Gasteiger charge is -2.63. The number of rotatable bonds is 16. The Kier molecular flexibility index (Phi) is 14.9. The average Bonchev–Trinajstić information content (AvgIpc) is 3.94. The van der Waals surface area contributed by atoms with Crippen molar-refractivity contribution in [3.63, 3.8) is 0 Å². The summed E-state index contributed by atoms with van der Waals surface area (Å²) >= 11 is 6.25. The molecule has 1 unspecified atom stereocenters. The molecule has 3 atom stereocenters. The molecule has 7 rings (SSSR count). The van der Waals surface area contributed by atoms with Gasteiger partial charge in [-0.1, -0.05) is 109 Å². The lowest BCUT2D eigenvalue weighted by molar-refractivity contribution is -0.164. The van der Waals surface area contributed by atoms with Crippen molar-refractivity contribution in [2.24, 2.45) is 16.2 Å². The van der Waals surface area contributed by atoms with Crippen molar-refractivity contribution in [1.29, 1.82) is 5.26 Å². The van der Waals surface area contributed by atoms with Crippen LogP contribution in [0.5, 0.6) is 11.5 Å². The Morgan fingerprint density at radius 2 is 1.55 bits per heavy atom. The number of halogens is 1. The third-order valence-electron chi connectivity index (χ3n) is 13.3. The predicted octanol–water partition coefficient (Wildman–Crippen LogP) is 8.42. The maximum absolute atomic E-state index is 14.1. The van der Waals surface area contributed by atoms with Gasteiger partial charge in [0, 0.05) is 60.0 Å². The molecule has 0 radical (unpaired) electrons. The van der Waals surface area contributed by atoms with Gasteiger partial charge in [-0.05, 0) is 71.8 Å². The molecule has 4 amide bonds. The number of aliphatic hydroxyl groups excluding tert-OH is 1. The van der Waals surface area contributed by atoms with Gasteiger partial charge in [-0.3, -0.25) is 19.2 Å². The van der Waals surface area contributed by atoms with Crippen molar-refractivity contribution in [1.82, 2.24) is 25.8 Å². The van der Waals surface area contributed by atoms with Crippen molar-refractivity contribution in [3.8, 4) is 40.0 Å². The molecule has 14 nitrogen and oxygen atoms in total. The van der Waals surface area contributed by atoms with E-state index in [1.807, 2.05) is 88.4 Å². The SMILES string of the molecule is Cc1ncoc1-c1ccc(CNC(=O)[C@@H]2C[C@@H](O)CN2C(=O)C(NC(=O)CCCOc2ccc(-c3ccc(C(=O)NC4C(C)(C)C(Oc5ccc(C#N)c(Cl)c5)C4(C)C)cc3)cc2)C(C)(C)C)cc1. The Balaban J connectivity index is 0.858. The summed E-state index contributed by atoms with van der Waals surface area (Å²) in [4.78, 5) is 59.8. The molecule has 2 heterocycles. The summed E-state index contributed by atoms with van der Waals surface area (Å²) in [5.41, 5.74) is 3.79. The number of ether oxygens (including phenoxy) is 2. The van der Waals surface area contributed by atoms with Crippen LogP contribution in [0.25, 0.3) is 22.5 Å². The van der Waals surface area contributed by atoms with Crippen molar-refractivity contribution in [2.45, 2.75) is 112 Å². The first-order valence-electron chi connectivity index (χ1n) is 23.2. The van der Waals surface area contributed by atoms with Gasteiger partial charge in [-0.15, -0.1) is 0 Å². The number of aromatic nitrogens is 1. The first-order valence-corrected chi connectivity index (χ1v) is 23.6. The van der Waals surface area contributed by atoms with Crippen LogP contribution in [0.4, 0.5) is 0 Å². The number of aryl methyl sites for hydroxylation is 1. The number of amides is 4. The van der Waals surface area contributed by atoms with Crippen molar-refractivity contribution < 1.29 is 38.2 Å². The molecule has 1 aliphatic heterocycles. The summed E-state index contributed by atoms with van der Waals surface area (Å²) < 4.78 is 17.8. The zero-order valence-corrected chi connectivity index (χ0v) is 41.1. The summed E-state index contributed by atoms with van der Waals surface area (Å²) in [6.45, 7) is 16.1. The number of nitrogens with one attached hydrogen (secondary N) is 3. The van der Waals surface area contributed by atoms with Crippen LogP contribution in [0.2, 0.25) is 5.02 Å². The van der Waals surface area contributed by atoms with Gasteiger partial charge in [-0.25, -0.2) is 4.98 Å². The van der Waals surface area contributed by atoms with Gasteiger partial charge in [0.05, 0.1) is 29.0 Å². The fraction of sp³-hybridized carbons (Fsp3) is 0.407. The number of hydrogen-bond donors (Lipinski definition) is 4. The topological polar surface area (TPSA) is 196 Å². The third kappa shape index (κ3) is 11.3. The molecular formula is C54H61ClN6O8. The van der Waals surface area contributed by atoms with E-state index in [4.69, 9.17) is 25.5 Å². The molecule has 69 heavy (non-hydrogen) atoms. The molecule has 1 aromatic heterocycles. The Labute approximate surface area is 408 Å². The number of nitriles is 1. The molecule has 15 heteroatoms. The largest absolute Gasteiger partial charge is 0.494 e. The highest BCUT2D eigenvalue weighted by Gasteiger charge is 2.64. The minimum absolute atomic E-state index is 0.0182. The monoisotopic (exact) mass is 956 g/mol. The van der Waals surface area contributed by atoms with E-state index in [1.54, 1.807) is 30.3 Å². The molecular weight excluding hydrogens is 896 g/mol. The molecule has 1 saturated heterocycles. The van der Waals surface area contributed by atoms with Crippen molar-refractivity contribution in [3.05, 3.63) is 125 Å². The van der Waals surface area contributed by atoms with Crippen LogP contribution in [0.3, 0.4) is 0 Å². The van der Waals surface area contributed by atoms with E-state index >= 15 is 0 Å². The lowest BCUT2D eigenvalue weighted by Crippen LogP contribution is -2.74. The van der Waals surface area contributed by atoms with E-state index in [0.717, 1.165) is 27.9 Å². The molecule has 1 aliphatic carbocycles. The maximum Gasteiger partial charge on any atom is 0.251 e. The normalized spacial score (nSPS) is 19.6. The van der Waals surface area contributed by atoms with Crippen molar-refractivity contribution in [2.75, 3.05) is 13.2 Å². The highest BCUT2D eigenvalue weighted by molar-refractivity contribution is 6.31. The van der Waals surface area contributed by atoms with Crippen LogP contribution in [0.15, 0.2) is 102 Å². The molecule has 0 spiro atoms. The van der Waals surface area contributed by atoms with E-state index in [2.05, 4.69) is 54.7 Å². The first kappa shape index (κ1) is 50.2. The highest BCUT2D eigenvalue weighted by Crippen LogP contribution is 2.55. The van der Waals surface area contributed by atoms with Crippen LogP contribution in [-0.2, 0) is 20.9 Å². The quantitative estimate of drug-likeness (QED) is 0.0697. The Hall–Kier alpha value is -6.69. The summed E-state index contributed by atoms with van der Waals surface area (Å²) in [7, 11) is 0. The van der Waals surface area contributed by atoms with Gasteiger partial charge >= 0.3 is 0 Å². The van der Waals surface area contributed by atoms with Crippen molar-refractivity contribution >= 4 is 35.2 Å². The zero-order chi connectivity index (χ0) is 49.8. The fourth-order valence-electron chi connectivity index (χ4n) is 9.80. The van der Waals surface area contributed by atoms with Crippen LogP contribution in [0.1, 0.15) is 94.9 Å². The lowest BCUT2D eigenvalue weighted by atomic mass is 9.49. The second-order valence-electron chi connectivity index (χ2n) is 20.3. The number of carbonyl (C=O) groups excluding carboxylic acids is 4. The number of aliphatic hydroxyl groups is 1. The van der Waals surface area contributed by atoms with Crippen LogP contribution < -0.4 is 25.4 Å². The van der Waals surface area contributed by atoms with Gasteiger partial charge in [0.1, 0.15) is 35.8 Å². The first-order chi connectivity index (χ1) is 32.7. The minimum Gasteiger partial charge on any atom is -0.494 e. The summed E-state index contributed by atoms with van der Waals surface area (Å²) in [6, 6.07) is 27.6. The number of nitrogens with zero attached hydrogens (tertiary/aromatic N) is 3. The summed E-state index contributed by atoms with van der Waals surface area (Å²) in [5, 5.41) is 29.2. The van der Waals surface area contributed by atoms with Gasteiger partial charge in [0.15, 0.2) is 12.2 Å². The second kappa shape index (κ2) is 20.5. The Morgan fingerprint density at radius 1 is 0.928 bits per heavy atom. The second-order valence-corrected chi connectivity index (χ2v) is 20.7. The molecule has 4 aromatic carbocycles. The molecule has 2 aliphatic rings. The van der Waals surface area contributed by atoms with Gasteiger partial charge in [0.2, 0.25) is 17.7 Å². The van der Waals surface area contributed by atoms with E-state index in [-0.39, 0.29) is 62.4 Å². The molecule has 362 valence electrons. The van der Waals surface area contributed by atoms with E-state index in [9.17, 15) is 29.5 Å². The zero-order valence-electron chi connectivity index (χ0n) is 40.4. The van der Waals surface area contributed by atoms with E-state index in [1.165, 1.54) is 11.3 Å². The Morgan fingerprint density at radius 3 is 2.14 bits per heavy atom. The Bertz CT molecular complexity index is 2690. The number of oxazole rings is 1. The number of carbonyl (C=O) groups is 4. The summed E-state index contributed by atoms with van der Waals surface area (Å²) in [5.74, 6) is 0.561. The van der Waals surface area contributed by atoms with Gasteiger partial charge in [0.25, 0.3) is 5.91 Å². The standard InChI is InChI=1S/C54H61ClN6O8/c1-32-45(68-31-58-32)36-13-11-33(12-14-36)29-57-48(65)43-26-39(62)30-61(43)49(66)46(52(2,3)4)59-44(63)10-9-25-67-40-22-19-35(20-23-40)34-15-17-37(18-16-34)47(64)60-50-53(5,6)51(54(50,7)8)69-41-24-21-38(28-56)42(55)27-41/h11-24,27,31,39,43,46,50-51,62H,9-10,25-26,29-30H2,1-8H3,(H,57,65)(H,59,63)(H,60,64)/t39-,43+,46?,50?,51?/m1/s1. The fourth-order valence-corrected chi connectivity index (χ4v) is 10.0.